The van der Waals surface area contributed by atoms with Gasteiger partial charge in [-0.2, -0.15) is 0 Å². The molecule has 2 aromatic carbocycles. The number of hydrogen-bond donors (Lipinski definition) is 1. The fraction of sp³-hybridized carbons (Fsp3) is 0.273. The average molecular weight is 445 g/mol. The quantitative estimate of drug-likeness (QED) is 0.377. The number of hydrogen-bond acceptors (Lipinski definition) is 6. The minimum absolute atomic E-state index is 0.0853. The molecule has 9 heteroatoms. The predicted octanol–water partition coefficient (Wildman–Crippen LogP) is 1.57. The van der Waals surface area contributed by atoms with Crippen molar-refractivity contribution in [3.8, 4) is 11.6 Å². The van der Waals surface area contributed by atoms with Crippen LogP contribution in [0.3, 0.4) is 0 Å². The molecule has 0 aliphatic rings. The molecule has 0 bridgehead atoms. The van der Waals surface area contributed by atoms with E-state index < -0.39 is 27.8 Å². The van der Waals surface area contributed by atoms with Crippen molar-refractivity contribution < 1.29 is 17.9 Å². The number of thiol groups is 1. The van der Waals surface area contributed by atoms with Gasteiger partial charge in [-0.1, -0.05) is 48.5 Å². The second kappa shape index (κ2) is 10.7. The van der Waals surface area contributed by atoms with E-state index in [1.54, 1.807) is 30.3 Å². The molecule has 8 nitrogen and oxygen atoms in total. The van der Waals surface area contributed by atoms with E-state index in [-0.39, 0.29) is 31.1 Å². The normalized spacial score (nSPS) is 11.0. The Balaban J connectivity index is 2.26. The van der Waals surface area contributed by atoms with Crippen LogP contribution < -0.4 is 16.0 Å². The predicted molar refractivity (Wildman–Crippen MR) is 118 cm³/mol. The Bertz CT molecular complexity index is 1190. The smallest absolute Gasteiger partial charge is 0.339 e. The van der Waals surface area contributed by atoms with Gasteiger partial charge in [-0.15, -0.1) is 0 Å². The number of ether oxygens (including phenoxy) is 2. The van der Waals surface area contributed by atoms with Crippen molar-refractivity contribution >= 4 is 10.7 Å². The Morgan fingerprint density at radius 2 is 1.55 bits per heavy atom. The Hall–Kier alpha value is -3.17. The summed E-state index contributed by atoms with van der Waals surface area (Å²) in [6, 6.07) is 17.9. The maximum absolute atomic E-state index is 13.2. The van der Waals surface area contributed by atoms with Gasteiger partial charge in [0.15, 0.2) is 10.7 Å². The van der Waals surface area contributed by atoms with Crippen molar-refractivity contribution in [3.05, 3.63) is 92.6 Å². The zero-order valence-corrected chi connectivity index (χ0v) is 18.0. The Morgan fingerprint density at radius 3 is 2.16 bits per heavy atom. The summed E-state index contributed by atoms with van der Waals surface area (Å²) in [5.74, 6) is -0.622. The number of rotatable bonds is 10. The summed E-state index contributed by atoms with van der Waals surface area (Å²) in [6.07, 6.45) is 0.173. The highest BCUT2D eigenvalue weighted by atomic mass is 32.2. The highest BCUT2D eigenvalue weighted by Crippen LogP contribution is 2.21. The summed E-state index contributed by atoms with van der Waals surface area (Å²) >= 11 is 0. The topological polar surface area (TPSA) is 96.6 Å². The summed E-state index contributed by atoms with van der Waals surface area (Å²) in [5, 5.41) is 0. The van der Waals surface area contributed by atoms with Crippen molar-refractivity contribution in [2.75, 3.05) is 19.8 Å². The molecule has 0 radical (unpaired) electrons. The monoisotopic (exact) mass is 444 g/mol. The molecule has 0 unspecified atom stereocenters. The van der Waals surface area contributed by atoms with E-state index in [4.69, 9.17) is 9.47 Å². The van der Waals surface area contributed by atoms with Crippen molar-refractivity contribution in [2.45, 2.75) is 19.2 Å². The molecule has 1 heterocycles. The van der Waals surface area contributed by atoms with Crippen LogP contribution in [0.4, 0.5) is 0 Å². The Morgan fingerprint density at radius 1 is 0.903 bits per heavy atom. The molecule has 3 aromatic rings. The Labute approximate surface area is 181 Å². The standard InChI is InChI=1S/C22H24N2O6S/c1-2-29-13-14-30-21-19(15-17-9-5-3-6-10-17)20(25)23(16-31(27)28)22(26)24(21)18-11-7-4-8-12-18/h3-12,31H,2,13-16H2,1H3. The lowest BCUT2D eigenvalue weighted by Gasteiger charge is -2.19. The third kappa shape index (κ3) is 5.50. The first-order valence-electron chi connectivity index (χ1n) is 9.83. The molecule has 164 valence electrons. The van der Waals surface area contributed by atoms with Gasteiger partial charge in [-0.05, 0) is 24.6 Å². The highest BCUT2D eigenvalue weighted by Gasteiger charge is 2.22. The first-order chi connectivity index (χ1) is 15.0. The van der Waals surface area contributed by atoms with Crippen LogP contribution in [0.25, 0.3) is 5.69 Å². The van der Waals surface area contributed by atoms with Gasteiger partial charge < -0.3 is 9.47 Å². The summed E-state index contributed by atoms with van der Waals surface area (Å²) < 4.78 is 36.0. The molecule has 31 heavy (non-hydrogen) atoms. The molecule has 0 aliphatic carbocycles. The van der Waals surface area contributed by atoms with E-state index in [0.29, 0.717) is 12.3 Å². The SMILES string of the molecule is CCOCCOc1c(Cc2ccccc2)c(=O)n(C[SH](=O)=O)c(=O)n1-c1ccccc1. The second-order valence-electron chi connectivity index (χ2n) is 6.65. The number of para-hydroxylation sites is 1. The molecule has 0 atom stereocenters. The summed E-state index contributed by atoms with van der Waals surface area (Å²) in [4.78, 5) is 26.4. The van der Waals surface area contributed by atoms with E-state index in [1.807, 2.05) is 37.3 Å². The number of benzene rings is 2. The van der Waals surface area contributed by atoms with Crippen LogP contribution in [-0.2, 0) is 27.7 Å². The lowest BCUT2D eigenvalue weighted by atomic mass is 10.1. The fourth-order valence-corrected chi connectivity index (χ4v) is 3.65. The summed E-state index contributed by atoms with van der Waals surface area (Å²) in [6.45, 7) is 2.76. The van der Waals surface area contributed by atoms with Crippen molar-refractivity contribution in [3.63, 3.8) is 0 Å². The molecular formula is C22H24N2O6S. The second-order valence-corrected chi connectivity index (χ2v) is 7.60. The van der Waals surface area contributed by atoms with Gasteiger partial charge in [0.05, 0.1) is 17.9 Å². The minimum Gasteiger partial charge on any atom is -0.476 e. The fourth-order valence-electron chi connectivity index (χ4n) is 3.17. The molecule has 0 saturated carbocycles. The van der Waals surface area contributed by atoms with E-state index >= 15 is 0 Å². The van der Waals surface area contributed by atoms with Crippen LogP contribution in [0.2, 0.25) is 0 Å². The molecule has 0 amide bonds. The largest absolute Gasteiger partial charge is 0.476 e. The zero-order valence-electron chi connectivity index (χ0n) is 17.1. The van der Waals surface area contributed by atoms with Crippen LogP contribution in [-0.4, -0.2) is 37.4 Å². The number of aromatic nitrogens is 2. The molecule has 0 saturated heterocycles. The summed E-state index contributed by atoms with van der Waals surface area (Å²) in [5.41, 5.74) is 0.0157. The maximum Gasteiger partial charge on any atom is 0.339 e. The summed E-state index contributed by atoms with van der Waals surface area (Å²) in [7, 11) is -3.00. The van der Waals surface area contributed by atoms with Gasteiger partial charge in [0, 0.05) is 13.0 Å². The van der Waals surface area contributed by atoms with E-state index in [1.165, 1.54) is 4.57 Å². The molecular weight excluding hydrogens is 420 g/mol. The molecule has 0 N–H and O–H groups in total. The van der Waals surface area contributed by atoms with Gasteiger partial charge in [-0.3, -0.25) is 4.79 Å². The average Bonchev–Trinajstić information content (AvgIpc) is 2.78. The minimum atomic E-state index is -3.00. The van der Waals surface area contributed by atoms with Gasteiger partial charge in [0.2, 0.25) is 5.88 Å². The van der Waals surface area contributed by atoms with E-state index in [9.17, 15) is 18.0 Å². The molecule has 0 fully saturated rings. The van der Waals surface area contributed by atoms with Crippen molar-refractivity contribution in [1.82, 2.24) is 9.13 Å². The lowest BCUT2D eigenvalue weighted by Crippen LogP contribution is -2.42. The zero-order chi connectivity index (χ0) is 22.2. The first-order valence-corrected chi connectivity index (χ1v) is 11.2. The van der Waals surface area contributed by atoms with Crippen molar-refractivity contribution in [2.24, 2.45) is 0 Å². The van der Waals surface area contributed by atoms with Crippen LogP contribution in [0.1, 0.15) is 18.1 Å². The molecule has 3 rings (SSSR count). The van der Waals surface area contributed by atoms with Gasteiger partial charge in [-0.25, -0.2) is 22.3 Å². The van der Waals surface area contributed by atoms with Crippen LogP contribution in [0.15, 0.2) is 70.3 Å². The molecule has 0 spiro atoms. The lowest BCUT2D eigenvalue weighted by molar-refractivity contribution is 0.106. The number of nitrogens with zero attached hydrogens (tertiary/aromatic N) is 2. The van der Waals surface area contributed by atoms with Crippen molar-refractivity contribution in [1.29, 1.82) is 0 Å². The Kier molecular flexibility index (Phi) is 7.80. The molecule has 0 aliphatic heterocycles. The van der Waals surface area contributed by atoms with Gasteiger partial charge in [0.25, 0.3) is 5.56 Å². The van der Waals surface area contributed by atoms with Gasteiger partial charge in [0.1, 0.15) is 12.5 Å². The van der Waals surface area contributed by atoms with Gasteiger partial charge >= 0.3 is 5.69 Å². The first kappa shape index (κ1) is 22.5. The van der Waals surface area contributed by atoms with Crippen LogP contribution >= 0.6 is 0 Å². The van der Waals surface area contributed by atoms with Crippen LogP contribution in [0, 0.1) is 0 Å². The van der Waals surface area contributed by atoms with E-state index in [2.05, 4.69) is 0 Å². The third-order valence-corrected chi connectivity index (χ3v) is 5.07. The third-order valence-electron chi connectivity index (χ3n) is 4.55. The van der Waals surface area contributed by atoms with E-state index in [0.717, 1.165) is 10.1 Å². The maximum atomic E-state index is 13.2. The van der Waals surface area contributed by atoms with Crippen LogP contribution in [0.5, 0.6) is 5.88 Å². The molecule has 1 aromatic heterocycles. The highest BCUT2D eigenvalue weighted by molar-refractivity contribution is 7.71.